The second kappa shape index (κ2) is 10.8. The normalized spacial score (nSPS) is 24.4. The summed E-state index contributed by atoms with van der Waals surface area (Å²) in [5.41, 5.74) is 2.42. The number of hydrogen-bond donors (Lipinski definition) is 3. The number of esters is 1. The zero-order valence-corrected chi connectivity index (χ0v) is 22.9. The fraction of sp³-hybridized carbons (Fsp3) is 0.400. The quantitative estimate of drug-likeness (QED) is 0.194. The van der Waals surface area contributed by atoms with Crippen LogP contribution >= 0.6 is 7.75 Å². The summed E-state index contributed by atoms with van der Waals surface area (Å²) >= 11 is 0. The smallest absolute Gasteiger partial charge is 0.459 e. The molecule has 3 aromatic rings. The van der Waals surface area contributed by atoms with E-state index >= 15 is 4.39 Å². The van der Waals surface area contributed by atoms with Gasteiger partial charge in [0.25, 0.3) is 0 Å². The summed E-state index contributed by atoms with van der Waals surface area (Å²) < 4.78 is 66.1. The van der Waals surface area contributed by atoms with Gasteiger partial charge in [0.1, 0.15) is 47.1 Å². The van der Waals surface area contributed by atoms with Gasteiger partial charge in [-0.15, -0.1) is 6.42 Å². The molecule has 4 N–H and O–H groups in total. The molecule has 15 heteroatoms. The lowest BCUT2D eigenvalue weighted by Crippen LogP contribution is -2.47. The number of benzene rings is 1. The first kappa shape index (κ1) is 29.4. The predicted octanol–water partition coefficient (Wildman–Crippen LogP) is 2.87. The molecule has 1 aromatic carbocycles. The van der Waals surface area contributed by atoms with Crippen molar-refractivity contribution >= 4 is 30.6 Å². The molecule has 40 heavy (non-hydrogen) atoms. The Hall–Kier alpha value is -3.60. The summed E-state index contributed by atoms with van der Waals surface area (Å²) in [6, 6.07) is 4.52. The number of anilines is 1. The Kier molecular flexibility index (Phi) is 7.90. The van der Waals surface area contributed by atoms with E-state index in [0.717, 1.165) is 26.2 Å². The number of hydrogen-bond acceptors (Lipinski definition) is 10. The van der Waals surface area contributed by atoms with Crippen molar-refractivity contribution in [2.45, 2.75) is 50.4 Å². The van der Waals surface area contributed by atoms with Gasteiger partial charge in [0, 0.05) is 6.20 Å². The molecule has 12 nitrogen and oxygen atoms in total. The molecule has 1 aliphatic heterocycles. The number of carbonyl (C=O) groups excluding carboxylic acids is 1. The fourth-order valence-corrected chi connectivity index (χ4v) is 5.96. The maximum atomic E-state index is 16.0. The number of nitrogens with zero attached hydrogens (tertiary/aromatic N) is 3. The van der Waals surface area contributed by atoms with Crippen LogP contribution in [0.1, 0.15) is 32.6 Å². The van der Waals surface area contributed by atoms with Crippen molar-refractivity contribution in [1.29, 1.82) is 0 Å². The first-order valence-electron chi connectivity index (χ1n) is 11.9. The van der Waals surface area contributed by atoms with E-state index in [1.807, 2.05) is 0 Å². The third-order valence-electron chi connectivity index (χ3n) is 6.32. The summed E-state index contributed by atoms with van der Waals surface area (Å²) in [6.45, 7) is 3.19. The number of aliphatic hydroxyl groups excluding tert-OH is 1. The highest BCUT2D eigenvalue weighted by atomic mass is 31.2. The van der Waals surface area contributed by atoms with Crippen molar-refractivity contribution in [2.75, 3.05) is 19.5 Å². The second-order valence-electron chi connectivity index (χ2n) is 9.74. The summed E-state index contributed by atoms with van der Waals surface area (Å²) in [5, 5.41) is 13.6. The van der Waals surface area contributed by atoms with Crippen LogP contribution in [0.2, 0.25) is 0 Å². The molecule has 0 bridgehead atoms. The topological polar surface area (TPSA) is 160 Å². The van der Waals surface area contributed by atoms with Crippen LogP contribution in [0.5, 0.6) is 5.75 Å². The first-order valence-corrected chi connectivity index (χ1v) is 13.4. The van der Waals surface area contributed by atoms with E-state index in [4.69, 9.17) is 30.7 Å². The lowest BCUT2D eigenvalue weighted by molar-refractivity contribution is -0.146. The van der Waals surface area contributed by atoms with Crippen LogP contribution in [-0.2, 0) is 23.4 Å². The highest BCUT2D eigenvalue weighted by Gasteiger charge is 2.56. The van der Waals surface area contributed by atoms with Gasteiger partial charge in [-0.2, -0.15) is 5.09 Å². The van der Waals surface area contributed by atoms with Crippen molar-refractivity contribution in [2.24, 2.45) is 0 Å². The molecule has 0 radical (unpaired) electrons. The third-order valence-corrected chi connectivity index (χ3v) is 8.10. The third kappa shape index (κ3) is 5.52. The Bertz CT molecular complexity index is 1510. The zero-order valence-electron chi connectivity index (χ0n) is 22.0. The van der Waals surface area contributed by atoms with E-state index in [-0.39, 0.29) is 22.8 Å². The Morgan fingerprint density at radius 1 is 1.38 bits per heavy atom. The summed E-state index contributed by atoms with van der Waals surface area (Å²) in [6.07, 6.45) is 3.55. The molecule has 214 valence electrons. The molecule has 1 saturated heterocycles. The lowest BCUT2D eigenvalue weighted by Gasteiger charge is -2.29. The average molecular weight is 579 g/mol. The molecular formula is C25H28F2N5O7P. The summed E-state index contributed by atoms with van der Waals surface area (Å²) in [4.78, 5) is 20.3. The van der Waals surface area contributed by atoms with E-state index in [1.54, 1.807) is 0 Å². The van der Waals surface area contributed by atoms with Gasteiger partial charge in [0.2, 0.25) is 0 Å². The predicted molar refractivity (Wildman–Crippen MR) is 139 cm³/mol. The molecule has 4 rings (SSSR count). The average Bonchev–Trinajstić information content (AvgIpc) is 3.38. The minimum Gasteiger partial charge on any atom is -0.468 e. The minimum atomic E-state index is -4.46. The number of aromatic nitrogens is 3. The lowest BCUT2D eigenvalue weighted by atomic mass is 9.98. The molecule has 1 unspecified atom stereocenters. The van der Waals surface area contributed by atoms with E-state index in [0.29, 0.717) is 5.39 Å². The molecule has 1 aliphatic rings. The molecule has 3 heterocycles. The van der Waals surface area contributed by atoms with Gasteiger partial charge in [-0.3, -0.25) is 9.32 Å². The molecular weight excluding hydrogens is 551 g/mol. The standard InChI is InChI=1S/C25H28F2N5O7P/c1-6-14-11-32(21-18(14)20(28)29-13-30-21)22-25(4,27)19(33)17(38-22)12-37-40(35,31-24(2,3)23(34)36-5)39-16-9-7-15(26)8-10-16/h1,7-11,13,17,19,22,33H,12H2,2-5H3,(H,31,35)(H2,28,29,30)/t17-,19-,22-,25-,40?/m1/s1. The molecule has 0 aliphatic carbocycles. The number of alkyl halides is 1. The highest BCUT2D eigenvalue weighted by molar-refractivity contribution is 7.52. The first-order chi connectivity index (χ1) is 18.7. The number of methoxy groups -OCH3 is 1. The number of nitrogen functional groups attached to an aromatic ring is 1. The van der Waals surface area contributed by atoms with Crippen LogP contribution in [0.3, 0.4) is 0 Å². The number of fused-ring (bicyclic) bond motifs is 1. The number of halogens is 2. The van der Waals surface area contributed by atoms with Crippen LogP contribution in [0.15, 0.2) is 36.8 Å². The van der Waals surface area contributed by atoms with Crippen molar-refractivity contribution in [3.05, 3.63) is 48.2 Å². The van der Waals surface area contributed by atoms with Gasteiger partial charge in [-0.05, 0) is 45.0 Å². The van der Waals surface area contributed by atoms with Gasteiger partial charge < -0.3 is 29.4 Å². The van der Waals surface area contributed by atoms with Crippen LogP contribution in [0.25, 0.3) is 11.0 Å². The molecule has 0 saturated carbocycles. The van der Waals surface area contributed by atoms with Crippen molar-refractivity contribution in [3.63, 3.8) is 0 Å². The second-order valence-corrected chi connectivity index (χ2v) is 11.4. The van der Waals surface area contributed by atoms with Gasteiger partial charge >= 0.3 is 13.7 Å². The van der Waals surface area contributed by atoms with Crippen molar-refractivity contribution < 1.29 is 41.8 Å². The number of terminal acetylenes is 1. The Balaban J connectivity index is 1.62. The summed E-state index contributed by atoms with van der Waals surface area (Å²) in [7, 11) is -3.32. The molecule has 5 atom stereocenters. The number of rotatable bonds is 9. The van der Waals surface area contributed by atoms with E-state index in [2.05, 4.69) is 21.0 Å². The van der Waals surface area contributed by atoms with Crippen LogP contribution < -0.4 is 15.3 Å². The van der Waals surface area contributed by atoms with Crippen molar-refractivity contribution in [1.82, 2.24) is 19.6 Å². The molecule has 0 amide bonds. The van der Waals surface area contributed by atoms with Crippen molar-refractivity contribution in [3.8, 4) is 18.1 Å². The minimum absolute atomic E-state index is 0.0584. The zero-order chi connectivity index (χ0) is 29.5. The van der Waals surface area contributed by atoms with Gasteiger partial charge in [0.05, 0.1) is 24.7 Å². The Morgan fingerprint density at radius 2 is 2.05 bits per heavy atom. The Labute approximate surface area is 228 Å². The van der Waals surface area contributed by atoms with Gasteiger partial charge in [-0.1, -0.05) is 5.92 Å². The molecule has 1 fully saturated rings. The van der Waals surface area contributed by atoms with Gasteiger partial charge in [0.15, 0.2) is 11.9 Å². The number of nitrogens with two attached hydrogens (primary N) is 1. The van der Waals surface area contributed by atoms with E-state index in [9.17, 15) is 18.9 Å². The number of aliphatic hydroxyl groups is 1. The molecule has 2 aromatic heterocycles. The van der Waals surface area contributed by atoms with E-state index < -0.39 is 55.8 Å². The maximum absolute atomic E-state index is 16.0. The highest BCUT2D eigenvalue weighted by Crippen LogP contribution is 2.49. The number of carbonyl (C=O) groups is 1. The van der Waals surface area contributed by atoms with Crippen LogP contribution in [0, 0.1) is 18.2 Å². The summed E-state index contributed by atoms with van der Waals surface area (Å²) in [5.74, 6) is 1.10. The van der Waals surface area contributed by atoms with Gasteiger partial charge in [-0.25, -0.2) is 23.3 Å². The largest absolute Gasteiger partial charge is 0.468 e. The number of ether oxygens (including phenoxy) is 2. The number of nitrogens with one attached hydrogen (secondary N) is 1. The SMILES string of the molecule is C#Cc1cn([C@@H]2O[C@H](COP(=O)(NC(C)(C)C(=O)OC)Oc3ccc(F)cc3)[C@@H](O)[C@@]2(C)F)c2ncnc(N)c12. The molecule has 0 spiro atoms. The van der Waals surface area contributed by atoms with Crippen LogP contribution in [0.4, 0.5) is 14.6 Å². The Morgan fingerprint density at radius 3 is 2.67 bits per heavy atom. The fourth-order valence-electron chi connectivity index (χ4n) is 4.28. The van der Waals surface area contributed by atoms with Crippen LogP contribution in [-0.4, -0.2) is 62.7 Å². The van der Waals surface area contributed by atoms with E-state index in [1.165, 1.54) is 43.1 Å². The monoisotopic (exact) mass is 579 g/mol. The maximum Gasteiger partial charge on any atom is 0.459 e.